The van der Waals surface area contributed by atoms with E-state index >= 15 is 0 Å². The van der Waals surface area contributed by atoms with Crippen LogP contribution in [0.3, 0.4) is 0 Å². The number of anilines is 1. The number of amides is 2. The lowest BCUT2D eigenvalue weighted by Crippen LogP contribution is -2.35. The van der Waals surface area contributed by atoms with E-state index in [0.29, 0.717) is 18.4 Å². The van der Waals surface area contributed by atoms with Gasteiger partial charge in [0.1, 0.15) is 9.87 Å². The normalized spacial score (nSPS) is 22.0. The van der Waals surface area contributed by atoms with Gasteiger partial charge in [-0.25, -0.2) is 8.78 Å². The van der Waals surface area contributed by atoms with Crippen LogP contribution < -0.4 is 10.6 Å². The number of benzene rings is 2. The van der Waals surface area contributed by atoms with Gasteiger partial charge in [0.05, 0.1) is 22.6 Å². The zero-order valence-electron chi connectivity index (χ0n) is 16.3. The van der Waals surface area contributed by atoms with Crippen molar-refractivity contribution in [2.45, 2.75) is 35.1 Å². The Hall–Kier alpha value is -2.40. The average molecular weight is 499 g/mol. The van der Waals surface area contributed by atoms with Gasteiger partial charge in [-0.15, -0.1) is 23.2 Å². The van der Waals surface area contributed by atoms with Crippen molar-refractivity contribution in [2.75, 3.05) is 5.32 Å². The van der Waals surface area contributed by atoms with Gasteiger partial charge in [0, 0.05) is 17.2 Å². The topological polar surface area (TPSA) is 82.0 Å². The third kappa shape index (κ3) is 4.27. The summed E-state index contributed by atoms with van der Waals surface area (Å²) in [5.41, 5.74) is -0.231. The van der Waals surface area contributed by atoms with Gasteiger partial charge in [0.15, 0.2) is 0 Å². The molecule has 2 fully saturated rings. The Balaban J connectivity index is 1.50. The lowest BCUT2D eigenvalue weighted by molar-refractivity contribution is -0.117. The van der Waals surface area contributed by atoms with Gasteiger partial charge >= 0.3 is 0 Å². The minimum atomic E-state index is -2.66. The number of rotatable bonds is 6. The van der Waals surface area contributed by atoms with Crippen LogP contribution in [0.5, 0.6) is 0 Å². The number of nitrogens with one attached hydrogen (secondary N) is 2. The molecule has 0 saturated heterocycles. The number of halogens is 5. The molecule has 2 aromatic carbocycles. The summed E-state index contributed by atoms with van der Waals surface area (Å²) in [6.45, 7) is 0. The first kappa shape index (κ1) is 22.8. The second kappa shape index (κ2) is 8.18. The van der Waals surface area contributed by atoms with E-state index in [2.05, 4.69) is 16.7 Å². The molecular formula is C22H16Cl3F2N3O2. The summed E-state index contributed by atoms with van der Waals surface area (Å²) in [7, 11) is 0. The van der Waals surface area contributed by atoms with Gasteiger partial charge in [0.2, 0.25) is 5.91 Å². The Morgan fingerprint density at radius 1 is 1.16 bits per heavy atom. The van der Waals surface area contributed by atoms with Crippen molar-refractivity contribution >= 4 is 52.3 Å². The number of hydrogen-bond acceptors (Lipinski definition) is 3. The van der Waals surface area contributed by atoms with Crippen LogP contribution in [-0.2, 0) is 4.79 Å². The lowest BCUT2D eigenvalue weighted by atomic mass is 10.1. The van der Waals surface area contributed by atoms with Crippen molar-refractivity contribution in [1.82, 2.24) is 5.32 Å². The van der Waals surface area contributed by atoms with E-state index in [1.165, 1.54) is 36.4 Å². The molecule has 0 radical (unpaired) electrons. The zero-order chi connectivity index (χ0) is 23.3. The van der Waals surface area contributed by atoms with Crippen LogP contribution >= 0.6 is 34.8 Å². The highest BCUT2D eigenvalue weighted by atomic mass is 35.5. The van der Waals surface area contributed by atoms with Crippen molar-refractivity contribution in [3.8, 4) is 6.07 Å². The first-order valence-electron chi connectivity index (χ1n) is 9.68. The Kier molecular flexibility index (Phi) is 5.83. The fourth-order valence-electron chi connectivity index (χ4n) is 3.63. The van der Waals surface area contributed by atoms with Gasteiger partial charge in [-0.05, 0) is 42.7 Å². The Morgan fingerprint density at radius 3 is 2.50 bits per heavy atom. The fraction of sp³-hybridized carbons (Fsp3) is 0.318. The molecule has 0 unspecified atom stereocenters. The molecule has 2 amide bonds. The van der Waals surface area contributed by atoms with Crippen LogP contribution in [0.4, 0.5) is 14.5 Å². The van der Waals surface area contributed by atoms with Crippen LogP contribution in [-0.4, -0.2) is 21.7 Å². The third-order valence-electron chi connectivity index (χ3n) is 5.65. The van der Waals surface area contributed by atoms with E-state index in [-0.39, 0.29) is 21.8 Å². The quantitative estimate of drug-likeness (QED) is 0.509. The Morgan fingerprint density at radius 2 is 1.88 bits per heavy atom. The zero-order valence-corrected chi connectivity index (χ0v) is 18.6. The summed E-state index contributed by atoms with van der Waals surface area (Å²) in [6.07, 6.45) is -1.53. The van der Waals surface area contributed by atoms with Gasteiger partial charge in [-0.1, -0.05) is 29.8 Å². The summed E-state index contributed by atoms with van der Waals surface area (Å²) in [6, 6.07) is 12.0. The molecule has 0 aromatic heterocycles. The van der Waals surface area contributed by atoms with Gasteiger partial charge in [0.25, 0.3) is 12.3 Å². The first-order chi connectivity index (χ1) is 15.1. The SMILES string of the molecule is N#CC1(NC(=O)c2cc(NC(=O)[C@@H]3[C@@H](c4cccc(C(F)F)c4)C3(Cl)Cl)ccc2Cl)CC1. The number of carbonyl (C=O) groups excluding carboxylic acids is 2. The Bertz CT molecular complexity index is 1150. The summed E-state index contributed by atoms with van der Waals surface area (Å²) in [5, 5.41) is 14.6. The predicted molar refractivity (Wildman–Crippen MR) is 117 cm³/mol. The molecule has 2 aliphatic carbocycles. The second-order valence-electron chi connectivity index (χ2n) is 7.93. The lowest BCUT2D eigenvalue weighted by Gasteiger charge is -2.12. The third-order valence-corrected chi connectivity index (χ3v) is 6.92. The highest BCUT2D eigenvalue weighted by molar-refractivity contribution is 6.53. The van der Waals surface area contributed by atoms with Crippen LogP contribution in [0, 0.1) is 17.2 Å². The van der Waals surface area contributed by atoms with Crippen LogP contribution in [0.25, 0.3) is 0 Å². The molecule has 2 aromatic rings. The number of hydrogen-bond donors (Lipinski definition) is 2. The molecule has 0 bridgehead atoms. The van der Waals surface area contributed by atoms with Crippen molar-refractivity contribution in [1.29, 1.82) is 5.26 Å². The average Bonchev–Trinajstić information content (AvgIpc) is 3.64. The van der Waals surface area contributed by atoms with Crippen LogP contribution in [0.2, 0.25) is 5.02 Å². The van der Waals surface area contributed by atoms with Crippen molar-refractivity contribution in [3.05, 3.63) is 64.2 Å². The van der Waals surface area contributed by atoms with Crippen LogP contribution in [0.1, 0.15) is 46.7 Å². The molecule has 2 atom stereocenters. The number of nitriles is 1. The molecule has 32 heavy (non-hydrogen) atoms. The maximum atomic E-state index is 13.0. The highest BCUT2D eigenvalue weighted by Crippen LogP contribution is 2.65. The van der Waals surface area contributed by atoms with E-state index in [9.17, 15) is 18.4 Å². The second-order valence-corrected chi connectivity index (χ2v) is 9.78. The molecule has 2 N–H and O–H groups in total. The van der Waals surface area contributed by atoms with Crippen LogP contribution in [0.15, 0.2) is 42.5 Å². The van der Waals surface area contributed by atoms with Gasteiger partial charge in [-0.2, -0.15) is 5.26 Å². The molecule has 0 heterocycles. The van der Waals surface area contributed by atoms with Crippen molar-refractivity contribution < 1.29 is 18.4 Å². The van der Waals surface area contributed by atoms with Gasteiger partial charge < -0.3 is 10.6 Å². The summed E-state index contributed by atoms with van der Waals surface area (Å²) < 4.78 is 24.6. The predicted octanol–water partition coefficient (Wildman–Crippen LogP) is 5.59. The molecule has 2 saturated carbocycles. The van der Waals surface area contributed by atoms with Crippen molar-refractivity contribution in [2.24, 2.45) is 5.92 Å². The molecule has 0 aliphatic heterocycles. The van der Waals surface area contributed by atoms with Gasteiger partial charge in [-0.3, -0.25) is 9.59 Å². The van der Waals surface area contributed by atoms with Crippen molar-refractivity contribution in [3.63, 3.8) is 0 Å². The molecule has 10 heteroatoms. The first-order valence-corrected chi connectivity index (χ1v) is 10.8. The number of alkyl halides is 4. The molecule has 0 spiro atoms. The molecule has 5 nitrogen and oxygen atoms in total. The van der Waals surface area contributed by atoms with E-state index in [1.807, 2.05) is 0 Å². The summed E-state index contributed by atoms with van der Waals surface area (Å²) in [4.78, 5) is 25.4. The molecule has 4 rings (SSSR count). The van der Waals surface area contributed by atoms with E-state index in [4.69, 9.17) is 40.1 Å². The Labute approximate surface area is 197 Å². The standard InChI is InChI=1S/C22H16Cl3F2N3O2/c23-15-5-4-13(9-14(15)19(31)30-21(10-28)6-7-21)29-20(32)17-16(22(17,24)25)11-2-1-3-12(8-11)18(26)27/h1-5,8-9,16-18H,6-7H2,(H,29,32)(H,30,31)/t16-,17+/m1/s1. The monoisotopic (exact) mass is 497 g/mol. The van der Waals surface area contributed by atoms with E-state index in [1.54, 1.807) is 6.07 Å². The minimum Gasteiger partial charge on any atom is -0.334 e. The highest BCUT2D eigenvalue weighted by Gasteiger charge is 2.67. The molecule has 166 valence electrons. The summed E-state index contributed by atoms with van der Waals surface area (Å²) >= 11 is 18.7. The van der Waals surface area contributed by atoms with E-state index in [0.717, 1.165) is 0 Å². The minimum absolute atomic E-state index is 0.103. The fourth-order valence-corrected chi connectivity index (χ4v) is 4.66. The molecular weight excluding hydrogens is 483 g/mol. The largest absolute Gasteiger partial charge is 0.334 e. The number of carbonyl (C=O) groups is 2. The maximum Gasteiger partial charge on any atom is 0.263 e. The maximum absolute atomic E-state index is 13.0. The molecule has 2 aliphatic rings. The smallest absolute Gasteiger partial charge is 0.263 e. The number of nitrogens with zero attached hydrogens (tertiary/aromatic N) is 1. The van der Waals surface area contributed by atoms with E-state index < -0.39 is 39.9 Å². The summed E-state index contributed by atoms with van der Waals surface area (Å²) in [5.74, 6) is -2.58.